The van der Waals surface area contributed by atoms with Gasteiger partial charge in [0.25, 0.3) is 0 Å². The number of aromatic nitrogens is 2. The summed E-state index contributed by atoms with van der Waals surface area (Å²) < 4.78 is 0. The van der Waals surface area contributed by atoms with Crippen LogP contribution in [-0.4, -0.2) is 39.9 Å². The number of imidazole rings is 1. The molecule has 1 aromatic rings. The van der Waals surface area contributed by atoms with Gasteiger partial charge in [-0.05, 0) is 45.1 Å². The van der Waals surface area contributed by atoms with Crippen LogP contribution < -0.4 is 0 Å². The minimum atomic E-state index is -0.311. The number of rotatable bonds is 3. The van der Waals surface area contributed by atoms with Crippen LogP contribution in [0.25, 0.3) is 0 Å². The van der Waals surface area contributed by atoms with E-state index in [0.717, 1.165) is 19.5 Å². The molecule has 1 fully saturated rings. The first kappa shape index (κ1) is 10.7. The Balaban J connectivity index is 1.88. The second-order valence-corrected chi connectivity index (χ2v) is 4.42. The van der Waals surface area contributed by atoms with E-state index < -0.39 is 0 Å². The third kappa shape index (κ3) is 2.82. The van der Waals surface area contributed by atoms with E-state index in [1.807, 2.05) is 13.0 Å². The van der Waals surface area contributed by atoms with Crippen molar-refractivity contribution in [3.05, 3.63) is 18.2 Å². The highest BCUT2D eigenvalue weighted by Gasteiger charge is 2.24. The van der Waals surface area contributed by atoms with Crippen LogP contribution in [0.4, 0.5) is 0 Å². The summed E-state index contributed by atoms with van der Waals surface area (Å²) in [7, 11) is -0.311. The molecule has 0 aliphatic carbocycles. The van der Waals surface area contributed by atoms with Gasteiger partial charge in [0.05, 0.1) is 6.33 Å². The highest BCUT2D eigenvalue weighted by atomic mass is 16.2. The lowest BCUT2D eigenvalue weighted by molar-refractivity contribution is 0.241. The van der Waals surface area contributed by atoms with Crippen LogP contribution in [0.3, 0.4) is 0 Å². The van der Waals surface area contributed by atoms with E-state index in [4.69, 9.17) is 0 Å². The maximum absolute atomic E-state index is 9.53. The number of nitrogens with zero attached hydrogens (tertiary/aromatic N) is 2. The number of hydrogen-bond donors (Lipinski definition) is 2. The van der Waals surface area contributed by atoms with E-state index in [9.17, 15) is 5.02 Å². The molecule has 4 nitrogen and oxygen atoms in total. The second kappa shape index (κ2) is 4.81. The predicted octanol–water partition coefficient (Wildman–Crippen LogP) is 0.774. The molecule has 82 valence electrons. The van der Waals surface area contributed by atoms with Crippen molar-refractivity contribution in [2.24, 2.45) is 5.92 Å². The summed E-state index contributed by atoms with van der Waals surface area (Å²) in [4.78, 5) is 9.30. The molecule has 0 radical (unpaired) electrons. The molecule has 0 bridgehead atoms. The van der Waals surface area contributed by atoms with Crippen LogP contribution in [0.5, 0.6) is 0 Å². The Morgan fingerprint density at radius 3 is 3.27 bits per heavy atom. The lowest BCUT2D eigenvalue weighted by Gasteiger charge is -2.33. The zero-order chi connectivity index (χ0) is 10.7. The average molecular weight is 207 g/mol. The Bertz CT molecular complexity index is 289. The van der Waals surface area contributed by atoms with E-state index in [0.29, 0.717) is 5.92 Å². The Labute approximate surface area is 90.8 Å². The number of hydrogen-bond acceptors (Lipinski definition) is 3. The van der Waals surface area contributed by atoms with Gasteiger partial charge in [-0.3, -0.25) is 0 Å². The molecule has 5 heteroatoms. The fourth-order valence-electron chi connectivity index (χ4n) is 2.31. The third-order valence-electron chi connectivity index (χ3n) is 3.14. The Hall–Kier alpha value is -0.805. The van der Waals surface area contributed by atoms with Gasteiger partial charge in [0.1, 0.15) is 0 Å². The van der Waals surface area contributed by atoms with Gasteiger partial charge in [0.15, 0.2) is 0 Å². The zero-order valence-corrected chi connectivity index (χ0v) is 9.19. The molecule has 2 N–H and O–H groups in total. The van der Waals surface area contributed by atoms with Crippen LogP contribution in [0, 0.1) is 5.92 Å². The second-order valence-electron chi connectivity index (χ2n) is 4.42. The average Bonchev–Trinajstić information content (AvgIpc) is 2.71. The Kier molecular flexibility index (Phi) is 3.43. The van der Waals surface area contributed by atoms with E-state index in [2.05, 4.69) is 14.8 Å². The molecule has 2 heterocycles. The largest absolute Gasteiger partial charge is 0.437 e. The smallest absolute Gasteiger partial charge is 0.376 e. The molecule has 0 unspecified atom stereocenters. The van der Waals surface area contributed by atoms with Crippen molar-refractivity contribution in [3.63, 3.8) is 0 Å². The monoisotopic (exact) mass is 207 g/mol. The van der Waals surface area contributed by atoms with Crippen LogP contribution in [0.1, 0.15) is 18.5 Å². The van der Waals surface area contributed by atoms with Crippen molar-refractivity contribution in [3.8, 4) is 0 Å². The first-order valence-corrected chi connectivity index (χ1v) is 5.65. The van der Waals surface area contributed by atoms with E-state index >= 15 is 0 Å². The van der Waals surface area contributed by atoms with Crippen molar-refractivity contribution in [1.29, 1.82) is 0 Å². The number of aromatic amines is 1. The molecule has 1 atom stereocenters. The highest BCUT2D eigenvalue weighted by Crippen LogP contribution is 2.20. The van der Waals surface area contributed by atoms with Gasteiger partial charge in [-0.2, -0.15) is 0 Å². The highest BCUT2D eigenvalue weighted by molar-refractivity contribution is 6.45. The first-order valence-electron chi connectivity index (χ1n) is 5.65. The molecular weight excluding hydrogens is 189 g/mol. The number of piperidine rings is 1. The summed E-state index contributed by atoms with van der Waals surface area (Å²) >= 11 is 0. The third-order valence-corrected chi connectivity index (χ3v) is 3.14. The molecular formula is C10H18BN3O. The fourth-order valence-corrected chi connectivity index (χ4v) is 2.31. The van der Waals surface area contributed by atoms with Crippen molar-refractivity contribution < 1.29 is 5.02 Å². The molecule has 2 rings (SSSR count). The minimum Gasteiger partial charge on any atom is -0.437 e. The zero-order valence-electron chi connectivity index (χ0n) is 9.19. The number of H-pyrrole nitrogens is 1. The normalized spacial score (nSPS) is 22.9. The molecule has 1 aliphatic heterocycles. The summed E-state index contributed by atoms with van der Waals surface area (Å²) in [5, 5.41) is 9.53. The summed E-state index contributed by atoms with van der Waals surface area (Å²) in [6.45, 7) is 3.87. The standard InChI is InChI=1S/C10H18BN3O/c1-11(15)14-4-2-3-9(7-14)5-10-6-12-8-13-10/h6,8-9,15H,2-5,7H2,1H3,(H,12,13)/t9-/m0/s1. The molecule has 0 saturated carbocycles. The van der Waals surface area contributed by atoms with Crippen molar-refractivity contribution >= 4 is 7.05 Å². The minimum absolute atomic E-state index is 0.311. The first-order chi connectivity index (χ1) is 7.25. The van der Waals surface area contributed by atoms with E-state index in [1.165, 1.54) is 18.5 Å². The van der Waals surface area contributed by atoms with Gasteiger partial charge >= 0.3 is 7.05 Å². The van der Waals surface area contributed by atoms with Crippen LogP contribution in [-0.2, 0) is 6.42 Å². The predicted molar refractivity (Wildman–Crippen MR) is 60.4 cm³/mol. The van der Waals surface area contributed by atoms with Crippen LogP contribution in [0.15, 0.2) is 12.5 Å². The SMILES string of the molecule is CB(O)N1CCC[C@@H](Cc2cnc[nH]2)C1. The van der Waals surface area contributed by atoms with Gasteiger partial charge in [-0.25, -0.2) is 4.98 Å². The Morgan fingerprint density at radius 2 is 2.60 bits per heavy atom. The van der Waals surface area contributed by atoms with E-state index in [1.54, 1.807) is 6.33 Å². The van der Waals surface area contributed by atoms with Gasteiger partial charge in [-0.15, -0.1) is 0 Å². The topological polar surface area (TPSA) is 52.1 Å². The lowest BCUT2D eigenvalue weighted by atomic mass is 9.80. The Morgan fingerprint density at radius 1 is 1.73 bits per heavy atom. The van der Waals surface area contributed by atoms with E-state index in [-0.39, 0.29) is 7.05 Å². The molecule has 15 heavy (non-hydrogen) atoms. The fraction of sp³-hybridized carbons (Fsp3) is 0.700. The molecule has 1 aromatic heterocycles. The lowest BCUT2D eigenvalue weighted by Crippen LogP contribution is -2.44. The molecule has 0 aromatic carbocycles. The summed E-state index contributed by atoms with van der Waals surface area (Å²) in [6, 6.07) is 0. The molecule has 0 amide bonds. The number of nitrogens with one attached hydrogen (secondary N) is 1. The van der Waals surface area contributed by atoms with Gasteiger partial charge in [-0.1, -0.05) is 0 Å². The van der Waals surface area contributed by atoms with Crippen molar-refractivity contribution in [2.45, 2.75) is 26.1 Å². The molecule has 1 aliphatic rings. The molecule has 1 saturated heterocycles. The van der Waals surface area contributed by atoms with Gasteiger partial charge in [0, 0.05) is 11.9 Å². The summed E-state index contributed by atoms with van der Waals surface area (Å²) in [5.41, 5.74) is 1.20. The van der Waals surface area contributed by atoms with Crippen LogP contribution >= 0.6 is 0 Å². The maximum atomic E-state index is 9.53. The van der Waals surface area contributed by atoms with Crippen molar-refractivity contribution in [2.75, 3.05) is 13.1 Å². The van der Waals surface area contributed by atoms with Crippen LogP contribution in [0.2, 0.25) is 6.82 Å². The van der Waals surface area contributed by atoms with Gasteiger partial charge in [0.2, 0.25) is 0 Å². The quantitative estimate of drug-likeness (QED) is 0.720. The van der Waals surface area contributed by atoms with Crippen molar-refractivity contribution in [1.82, 2.24) is 14.8 Å². The maximum Gasteiger partial charge on any atom is 0.376 e. The molecule has 0 spiro atoms. The summed E-state index contributed by atoms with van der Waals surface area (Å²) in [5.74, 6) is 0.647. The summed E-state index contributed by atoms with van der Waals surface area (Å²) in [6.07, 6.45) is 7.10. The van der Waals surface area contributed by atoms with Gasteiger partial charge < -0.3 is 14.8 Å².